The topological polar surface area (TPSA) is 66.8 Å². The van der Waals surface area contributed by atoms with Gasteiger partial charge in [-0.1, -0.05) is 44.5 Å². The zero-order chi connectivity index (χ0) is 24.8. The molecule has 4 rings (SSSR count). The van der Waals surface area contributed by atoms with E-state index in [4.69, 9.17) is 16.3 Å². The number of halogens is 1. The number of carbonyl (C=O) groups is 2. The minimum Gasteiger partial charge on any atom is -0.507 e. The van der Waals surface area contributed by atoms with E-state index in [1.54, 1.807) is 31.4 Å². The minimum absolute atomic E-state index is 0.0502. The lowest BCUT2D eigenvalue weighted by Crippen LogP contribution is -2.29. The third-order valence-electron chi connectivity index (χ3n) is 5.97. The summed E-state index contributed by atoms with van der Waals surface area (Å²) in [5.74, 6) is -0.968. The molecule has 5 nitrogen and oxygen atoms in total. The van der Waals surface area contributed by atoms with Gasteiger partial charge in [-0.15, -0.1) is 11.3 Å². The number of hydrogen-bond donors (Lipinski definition) is 1. The predicted octanol–water partition coefficient (Wildman–Crippen LogP) is 6.64. The molecule has 1 aliphatic rings. The molecule has 1 fully saturated rings. The first-order valence-corrected chi connectivity index (χ1v) is 12.1. The van der Waals surface area contributed by atoms with Gasteiger partial charge in [0.2, 0.25) is 0 Å². The number of thiophene rings is 1. The molecule has 34 heavy (non-hydrogen) atoms. The fraction of sp³-hybridized carbons (Fsp3) is 0.259. The van der Waals surface area contributed by atoms with Crippen molar-refractivity contribution >= 4 is 46.1 Å². The van der Waals surface area contributed by atoms with Crippen LogP contribution in [0, 0.1) is 6.92 Å². The summed E-state index contributed by atoms with van der Waals surface area (Å²) in [6.45, 7) is 7.99. The van der Waals surface area contributed by atoms with Gasteiger partial charge in [-0.2, -0.15) is 0 Å². The number of aryl methyl sites for hydroxylation is 1. The lowest BCUT2D eigenvalue weighted by Gasteiger charge is -2.25. The molecule has 176 valence electrons. The third kappa shape index (κ3) is 4.12. The largest absolute Gasteiger partial charge is 0.507 e. The second kappa shape index (κ2) is 8.93. The van der Waals surface area contributed by atoms with Crippen molar-refractivity contribution in [2.45, 2.75) is 39.2 Å². The van der Waals surface area contributed by atoms with Crippen molar-refractivity contribution in [1.82, 2.24) is 0 Å². The van der Waals surface area contributed by atoms with Crippen LogP contribution >= 0.6 is 22.9 Å². The van der Waals surface area contributed by atoms with Crippen molar-refractivity contribution in [3.63, 3.8) is 0 Å². The summed E-state index contributed by atoms with van der Waals surface area (Å²) in [7, 11) is 1.60. The molecule has 1 unspecified atom stereocenters. The maximum Gasteiger partial charge on any atom is 0.300 e. The van der Waals surface area contributed by atoms with E-state index in [2.05, 4.69) is 0 Å². The highest BCUT2D eigenvalue weighted by molar-refractivity contribution is 7.10. The Morgan fingerprint density at radius 2 is 1.85 bits per heavy atom. The van der Waals surface area contributed by atoms with Crippen LogP contribution in [0.2, 0.25) is 5.02 Å². The molecule has 1 amide bonds. The number of nitrogens with zero attached hydrogens (tertiary/aromatic N) is 1. The van der Waals surface area contributed by atoms with Crippen molar-refractivity contribution in [3.05, 3.63) is 86.1 Å². The first-order valence-electron chi connectivity index (χ1n) is 10.8. The minimum atomic E-state index is -0.765. The van der Waals surface area contributed by atoms with Crippen molar-refractivity contribution < 1.29 is 19.4 Å². The molecule has 7 heteroatoms. The van der Waals surface area contributed by atoms with E-state index < -0.39 is 17.7 Å². The number of carbonyl (C=O) groups excluding carboxylic acids is 2. The van der Waals surface area contributed by atoms with Gasteiger partial charge in [0.15, 0.2) is 0 Å². The zero-order valence-corrected chi connectivity index (χ0v) is 21.3. The van der Waals surface area contributed by atoms with Crippen LogP contribution in [-0.2, 0) is 15.0 Å². The molecule has 1 saturated heterocycles. The second-order valence-electron chi connectivity index (χ2n) is 9.28. The highest BCUT2D eigenvalue weighted by Crippen LogP contribution is 2.45. The lowest BCUT2D eigenvalue weighted by atomic mass is 9.84. The molecule has 0 aliphatic carbocycles. The van der Waals surface area contributed by atoms with Crippen LogP contribution in [0.3, 0.4) is 0 Å². The van der Waals surface area contributed by atoms with Gasteiger partial charge in [0.05, 0.1) is 12.7 Å². The Kier molecular flexibility index (Phi) is 6.32. The number of aliphatic hydroxyl groups excluding tert-OH is 1. The number of hydrogen-bond acceptors (Lipinski definition) is 5. The molecule has 1 aromatic heterocycles. The van der Waals surface area contributed by atoms with Crippen LogP contribution in [0.4, 0.5) is 5.69 Å². The molecule has 1 N–H and O–H groups in total. The summed E-state index contributed by atoms with van der Waals surface area (Å²) in [6.07, 6.45) is 0. The molecule has 0 spiro atoms. The van der Waals surface area contributed by atoms with E-state index >= 15 is 0 Å². The van der Waals surface area contributed by atoms with Crippen molar-refractivity contribution in [2.24, 2.45) is 0 Å². The molecule has 0 bridgehead atoms. The van der Waals surface area contributed by atoms with Gasteiger partial charge in [-0.25, -0.2) is 0 Å². The lowest BCUT2D eigenvalue weighted by molar-refractivity contribution is -0.132. The van der Waals surface area contributed by atoms with E-state index in [1.807, 2.05) is 57.3 Å². The first-order chi connectivity index (χ1) is 16.0. The Labute approximate surface area is 208 Å². The molecule has 3 aromatic rings. The molecule has 1 atom stereocenters. The van der Waals surface area contributed by atoms with Crippen molar-refractivity contribution in [3.8, 4) is 5.75 Å². The third-order valence-corrected chi connectivity index (χ3v) is 7.30. The van der Waals surface area contributed by atoms with Crippen LogP contribution < -0.4 is 9.64 Å². The molecule has 0 saturated carbocycles. The number of amides is 1. The number of rotatable bonds is 4. The molecule has 1 aliphatic heterocycles. The molecule has 0 radical (unpaired) electrons. The van der Waals surface area contributed by atoms with Crippen LogP contribution in [0.15, 0.2) is 59.5 Å². The van der Waals surface area contributed by atoms with Gasteiger partial charge < -0.3 is 9.84 Å². The highest BCUT2D eigenvalue weighted by atomic mass is 35.5. The number of anilines is 1. The van der Waals surface area contributed by atoms with Crippen LogP contribution in [0.25, 0.3) is 5.76 Å². The summed E-state index contributed by atoms with van der Waals surface area (Å²) in [5, 5.41) is 13.8. The van der Waals surface area contributed by atoms with Gasteiger partial charge >= 0.3 is 0 Å². The molecule has 2 aromatic carbocycles. The van der Waals surface area contributed by atoms with Crippen LogP contribution in [-0.4, -0.2) is 23.9 Å². The summed E-state index contributed by atoms with van der Waals surface area (Å²) in [4.78, 5) is 28.7. The maximum absolute atomic E-state index is 13.3. The first kappa shape index (κ1) is 24.0. The van der Waals surface area contributed by atoms with Crippen LogP contribution in [0.1, 0.15) is 48.4 Å². The van der Waals surface area contributed by atoms with Gasteiger partial charge in [0, 0.05) is 26.7 Å². The fourth-order valence-corrected chi connectivity index (χ4v) is 5.14. The quantitative estimate of drug-likeness (QED) is 0.250. The standard InChI is InChI=1S/C27H26ClNO4S/c1-15-8-10-17(14-19(15)28)29-23(21-7-6-12-34-21)22(25(31)26(29)32)24(30)16-9-11-20(33-5)18(13-16)27(2,3)4/h6-14,23,30H,1-5H3/b24-22-. The van der Waals surface area contributed by atoms with E-state index in [0.29, 0.717) is 22.0 Å². The monoisotopic (exact) mass is 495 g/mol. The summed E-state index contributed by atoms with van der Waals surface area (Å²) in [5.41, 5.74) is 2.48. The number of methoxy groups -OCH3 is 1. The summed E-state index contributed by atoms with van der Waals surface area (Å²) in [6, 6.07) is 13.5. The van der Waals surface area contributed by atoms with Crippen LogP contribution in [0.5, 0.6) is 5.75 Å². The fourth-order valence-electron chi connectivity index (χ4n) is 4.14. The smallest absolute Gasteiger partial charge is 0.300 e. The van der Waals surface area contributed by atoms with Gasteiger partial charge in [0.25, 0.3) is 11.7 Å². The Balaban J connectivity index is 1.93. The summed E-state index contributed by atoms with van der Waals surface area (Å²) >= 11 is 7.75. The Hall–Kier alpha value is -3.09. The average Bonchev–Trinajstić information content (AvgIpc) is 3.41. The Morgan fingerprint density at radius 3 is 2.44 bits per heavy atom. The maximum atomic E-state index is 13.3. The van der Waals surface area contributed by atoms with E-state index in [0.717, 1.165) is 16.0 Å². The van der Waals surface area contributed by atoms with Crippen molar-refractivity contribution in [1.29, 1.82) is 0 Å². The van der Waals surface area contributed by atoms with Crippen molar-refractivity contribution in [2.75, 3.05) is 12.0 Å². The molecular formula is C27H26ClNO4S. The normalized spacial score (nSPS) is 17.9. The predicted molar refractivity (Wildman–Crippen MR) is 137 cm³/mol. The number of ether oxygens (including phenoxy) is 1. The van der Waals surface area contributed by atoms with Gasteiger partial charge in [-0.3, -0.25) is 14.5 Å². The second-order valence-corrected chi connectivity index (χ2v) is 10.7. The number of ketones is 1. The number of aliphatic hydroxyl groups is 1. The van der Waals surface area contributed by atoms with E-state index in [9.17, 15) is 14.7 Å². The SMILES string of the molecule is COc1ccc(/C(O)=C2/C(=O)C(=O)N(c3ccc(C)c(Cl)c3)C2c2cccs2)cc1C(C)(C)C. The number of Topliss-reactive ketones (excluding diaryl/α,β-unsaturated/α-hetero) is 1. The molecular weight excluding hydrogens is 470 g/mol. The Morgan fingerprint density at radius 1 is 1.12 bits per heavy atom. The molecule has 2 heterocycles. The van der Waals surface area contributed by atoms with Gasteiger partial charge in [-0.05, 0) is 59.7 Å². The Bertz CT molecular complexity index is 1300. The summed E-state index contributed by atoms with van der Waals surface area (Å²) < 4.78 is 5.51. The van der Waals surface area contributed by atoms with Gasteiger partial charge in [0.1, 0.15) is 17.6 Å². The zero-order valence-electron chi connectivity index (χ0n) is 19.7. The average molecular weight is 496 g/mol. The highest BCUT2D eigenvalue weighted by Gasteiger charge is 2.47. The van der Waals surface area contributed by atoms with E-state index in [-0.39, 0.29) is 16.7 Å². The number of benzene rings is 2. The van der Waals surface area contributed by atoms with E-state index in [1.165, 1.54) is 16.2 Å².